The Hall–Kier alpha value is -2.18. The summed E-state index contributed by atoms with van der Waals surface area (Å²) in [5.74, 6) is 0.0219. The summed E-state index contributed by atoms with van der Waals surface area (Å²) in [7, 11) is 0. The van der Waals surface area contributed by atoms with Crippen LogP contribution in [0.4, 0.5) is 0 Å². The molecule has 8 heteroatoms. The molecule has 0 fully saturated rings. The minimum atomic E-state index is -0.190. The van der Waals surface area contributed by atoms with E-state index in [4.69, 9.17) is 23.2 Å². The van der Waals surface area contributed by atoms with E-state index in [2.05, 4.69) is 19.9 Å². The molecule has 1 N–H and O–H groups in total. The Morgan fingerprint density at radius 1 is 1.28 bits per heavy atom. The van der Waals surface area contributed by atoms with Crippen molar-refractivity contribution in [3.8, 4) is 0 Å². The van der Waals surface area contributed by atoms with Crippen LogP contribution in [0.5, 0.6) is 0 Å². The van der Waals surface area contributed by atoms with Gasteiger partial charge in [-0.25, -0.2) is 9.97 Å². The first-order chi connectivity index (χ1) is 12.1. The van der Waals surface area contributed by atoms with Crippen LogP contribution < -0.4 is 0 Å². The molecule has 4 rings (SSSR count). The van der Waals surface area contributed by atoms with Gasteiger partial charge in [0.15, 0.2) is 11.5 Å². The van der Waals surface area contributed by atoms with Gasteiger partial charge in [0.05, 0.1) is 10.0 Å². The Morgan fingerprint density at radius 3 is 2.88 bits per heavy atom. The van der Waals surface area contributed by atoms with Gasteiger partial charge in [-0.1, -0.05) is 43.1 Å². The lowest BCUT2D eigenvalue weighted by Gasteiger charge is -2.27. The monoisotopic (exact) mass is 377 g/mol. The normalized spacial score (nSPS) is 13.2. The van der Waals surface area contributed by atoms with Crippen molar-refractivity contribution in [1.29, 1.82) is 0 Å². The Balaban J connectivity index is 0.000000880. The van der Waals surface area contributed by atoms with Gasteiger partial charge in [0.25, 0.3) is 5.91 Å². The van der Waals surface area contributed by atoms with E-state index in [1.807, 2.05) is 26.0 Å². The van der Waals surface area contributed by atoms with Crippen molar-refractivity contribution >= 4 is 40.3 Å². The number of imidazole rings is 1. The molecule has 1 amide bonds. The van der Waals surface area contributed by atoms with E-state index in [0.717, 1.165) is 17.7 Å². The van der Waals surface area contributed by atoms with E-state index in [9.17, 15) is 4.79 Å². The summed E-state index contributed by atoms with van der Waals surface area (Å²) in [5.41, 5.74) is 2.95. The third-order valence-corrected chi connectivity index (χ3v) is 4.64. The number of hydrogen-bond donors (Lipinski definition) is 1. The number of halogens is 2. The Labute approximate surface area is 155 Å². The number of fused-ring (bicyclic) bond motifs is 2. The third-order valence-electron chi connectivity index (χ3n) is 3.87. The third kappa shape index (κ3) is 3.32. The highest BCUT2D eigenvalue weighted by atomic mass is 35.5. The molecule has 0 saturated heterocycles. The molecule has 0 spiro atoms. The lowest BCUT2D eigenvalue weighted by molar-refractivity contribution is 0.0722. The van der Waals surface area contributed by atoms with Gasteiger partial charge in [0.1, 0.15) is 5.52 Å². The molecule has 1 aliphatic rings. The zero-order chi connectivity index (χ0) is 18.0. The zero-order valence-electron chi connectivity index (χ0n) is 13.9. The molecule has 0 unspecified atom stereocenters. The van der Waals surface area contributed by atoms with Gasteiger partial charge < -0.3 is 9.88 Å². The number of amides is 1. The summed E-state index contributed by atoms with van der Waals surface area (Å²) in [4.78, 5) is 30.0. The molecule has 0 atom stereocenters. The van der Waals surface area contributed by atoms with Crippen molar-refractivity contribution in [2.45, 2.75) is 26.8 Å². The van der Waals surface area contributed by atoms with Gasteiger partial charge in [-0.15, -0.1) is 0 Å². The summed E-state index contributed by atoms with van der Waals surface area (Å²) < 4.78 is 0. The van der Waals surface area contributed by atoms with Crippen LogP contribution in [-0.4, -0.2) is 37.3 Å². The predicted molar refractivity (Wildman–Crippen MR) is 97.9 cm³/mol. The molecule has 3 aromatic rings. The second kappa shape index (κ2) is 7.37. The van der Waals surface area contributed by atoms with Crippen LogP contribution in [0.1, 0.15) is 35.7 Å². The molecule has 0 bridgehead atoms. The van der Waals surface area contributed by atoms with E-state index in [1.165, 1.54) is 6.20 Å². The van der Waals surface area contributed by atoms with Gasteiger partial charge in [-0.05, 0) is 11.6 Å². The number of nitrogens with zero attached hydrogens (tertiary/aromatic N) is 4. The van der Waals surface area contributed by atoms with Crippen molar-refractivity contribution in [3.63, 3.8) is 0 Å². The van der Waals surface area contributed by atoms with Gasteiger partial charge in [-0.2, -0.15) is 0 Å². The second-order valence-corrected chi connectivity index (χ2v) is 6.08. The minimum Gasteiger partial charge on any atom is -0.331 e. The maximum absolute atomic E-state index is 12.7. The lowest BCUT2D eigenvalue weighted by atomic mass is 10.1. The maximum atomic E-state index is 12.7. The summed E-state index contributed by atoms with van der Waals surface area (Å²) in [6.45, 7) is 5.11. The van der Waals surface area contributed by atoms with Gasteiger partial charge >= 0.3 is 0 Å². The SMILES string of the molecule is CC.O=C(c1nc2ncc(Cl)c(Cl)c2[nH]1)N1CCc2ncccc2C1. The summed E-state index contributed by atoms with van der Waals surface area (Å²) in [6.07, 6.45) is 3.92. The number of aromatic amines is 1. The second-order valence-electron chi connectivity index (χ2n) is 5.29. The van der Waals surface area contributed by atoms with Crippen LogP contribution in [0.25, 0.3) is 11.2 Å². The van der Waals surface area contributed by atoms with E-state index in [0.29, 0.717) is 34.3 Å². The number of H-pyrrole nitrogens is 1. The van der Waals surface area contributed by atoms with Crippen LogP contribution in [0.3, 0.4) is 0 Å². The lowest BCUT2D eigenvalue weighted by Crippen LogP contribution is -2.36. The fourth-order valence-electron chi connectivity index (χ4n) is 2.69. The molecule has 3 aromatic heterocycles. The molecule has 0 radical (unpaired) electrons. The number of aromatic nitrogens is 4. The fourth-order valence-corrected chi connectivity index (χ4v) is 3.02. The van der Waals surface area contributed by atoms with Crippen LogP contribution in [-0.2, 0) is 13.0 Å². The molecular formula is C17H17Cl2N5O. The average molecular weight is 378 g/mol. The Morgan fingerprint density at radius 2 is 2.08 bits per heavy atom. The van der Waals surface area contributed by atoms with E-state index < -0.39 is 0 Å². The van der Waals surface area contributed by atoms with Gasteiger partial charge in [0.2, 0.25) is 0 Å². The Bertz CT molecular complexity index is 925. The summed E-state index contributed by atoms with van der Waals surface area (Å²) in [5, 5.41) is 0.635. The highest BCUT2D eigenvalue weighted by Gasteiger charge is 2.25. The fraction of sp³-hybridized carbons (Fsp3) is 0.294. The number of rotatable bonds is 1. The van der Waals surface area contributed by atoms with Crippen molar-refractivity contribution in [2.24, 2.45) is 0 Å². The predicted octanol–water partition coefficient (Wildman–Crippen LogP) is 3.88. The van der Waals surface area contributed by atoms with Crippen molar-refractivity contribution in [2.75, 3.05) is 6.54 Å². The molecular weight excluding hydrogens is 361 g/mol. The molecule has 0 saturated carbocycles. The van der Waals surface area contributed by atoms with Crippen molar-refractivity contribution in [3.05, 3.63) is 51.7 Å². The number of carbonyl (C=O) groups excluding carboxylic acids is 1. The molecule has 130 valence electrons. The highest BCUT2D eigenvalue weighted by Crippen LogP contribution is 2.28. The van der Waals surface area contributed by atoms with Crippen LogP contribution in [0.15, 0.2) is 24.5 Å². The topological polar surface area (TPSA) is 74.8 Å². The first kappa shape index (κ1) is 17.6. The number of nitrogens with one attached hydrogen (secondary N) is 1. The van der Waals surface area contributed by atoms with Crippen molar-refractivity contribution in [1.82, 2.24) is 24.8 Å². The zero-order valence-corrected chi connectivity index (χ0v) is 15.4. The summed E-state index contributed by atoms with van der Waals surface area (Å²) in [6, 6.07) is 3.86. The molecule has 0 aromatic carbocycles. The maximum Gasteiger partial charge on any atom is 0.290 e. The van der Waals surface area contributed by atoms with Crippen molar-refractivity contribution < 1.29 is 4.79 Å². The van der Waals surface area contributed by atoms with E-state index in [-0.39, 0.29) is 11.7 Å². The first-order valence-electron chi connectivity index (χ1n) is 8.05. The molecule has 0 aliphatic carbocycles. The standard InChI is InChI=1S/C15H11Cl2N5O.C2H6/c16-9-6-19-13-12(11(9)17)20-14(21-13)15(23)22-5-3-10-8(7-22)2-1-4-18-10;1-2/h1-2,4,6H,3,5,7H2,(H,19,20,21);1-2H3. The average Bonchev–Trinajstić information content (AvgIpc) is 3.10. The van der Waals surface area contributed by atoms with Crippen LogP contribution >= 0.6 is 23.2 Å². The van der Waals surface area contributed by atoms with E-state index in [1.54, 1.807) is 11.1 Å². The number of hydrogen-bond acceptors (Lipinski definition) is 4. The van der Waals surface area contributed by atoms with Crippen LogP contribution in [0, 0.1) is 0 Å². The number of carbonyl (C=O) groups is 1. The molecule has 4 heterocycles. The largest absolute Gasteiger partial charge is 0.331 e. The van der Waals surface area contributed by atoms with E-state index >= 15 is 0 Å². The quantitative estimate of drug-likeness (QED) is 0.697. The number of pyridine rings is 2. The van der Waals surface area contributed by atoms with Gasteiger partial charge in [0, 0.05) is 37.6 Å². The summed E-state index contributed by atoms with van der Waals surface area (Å²) >= 11 is 12.1. The molecule has 1 aliphatic heterocycles. The minimum absolute atomic E-state index is 0.190. The molecule has 25 heavy (non-hydrogen) atoms. The molecule has 6 nitrogen and oxygen atoms in total. The smallest absolute Gasteiger partial charge is 0.290 e. The van der Waals surface area contributed by atoms with Crippen LogP contribution in [0.2, 0.25) is 10.0 Å². The first-order valence-corrected chi connectivity index (χ1v) is 8.81. The van der Waals surface area contributed by atoms with Gasteiger partial charge in [-0.3, -0.25) is 9.78 Å². The highest BCUT2D eigenvalue weighted by molar-refractivity contribution is 6.44. The Kier molecular flexibility index (Phi) is 5.20.